The SMILES string of the molecule is Cn1c(SCc2nnc(-c3ccc(Cl)cc3)o2)nc2cc(Cl)ccc21. The fourth-order valence-electron chi connectivity index (χ4n) is 2.43. The van der Waals surface area contributed by atoms with E-state index < -0.39 is 0 Å². The maximum atomic E-state index is 6.03. The third kappa shape index (κ3) is 3.38. The van der Waals surface area contributed by atoms with Crippen molar-refractivity contribution in [3.8, 4) is 11.5 Å². The maximum Gasteiger partial charge on any atom is 0.247 e. The average molecular weight is 391 g/mol. The fraction of sp³-hybridized carbons (Fsp3) is 0.118. The molecule has 5 nitrogen and oxygen atoms in total. The van der Waals surface area contributed by atoms with E-state index in [9.17, 15) is 0 Å². The van der Waals surface area contributed by atoms with Gasteiger partial charge < -0.3 is 8.98 Å². The van der Waals surface area contributed by atoms with E-state index >= 15 is 0 Å². The summed E-state index contributed by atoms with van der Waals surface area (Å²) in [5.74, 6) is 1.55. The Bertz CT molecular complexity index is 1040. The number of thioether (sulfide) groups is 1. The van der Waals surface area contributed by atoms with Crippen molar-refractivity contribution in [1.82, 2.24) is 19.7 Å². The molecule has 0 bridgehead atoms. The highest BCUT2D eigenvalue weighted by Gasteiger charge is 2.12. The second kappa shape index (κ2) is 6.71. The smallest absolute Gasteiger partial charge is 0.247 e. The minimum absolute atomic E-state index is 0.476. The molecule has 8 heteroatoms. The predicted molar refractivity (Wildman–Crippen MR) is 100 cm³/mol. The summed E-state index contributed by atoms with van der Waals surface area (Å²) in [5.41, 5.74) is 2.73. The van der Waals surface area contributed by atoms with Crippen LogP contribution in [0, 0.1) is 0 Å². The quantitative estimate of drug-likeness (QED) is 0.447. The van der Waals surface area contributed by atoms with Gasteiger partial charge in [-0.2, -0.15) is 0 Å². The Hall–Kier alpha value is -2.02. The summed E-state index contributed by atoms with van der Waals surface area (Å²) in [6, 6.07) is 13.0. The highest BCUT2D eigenvalue weighted by atomic mass is 35.5. The van der Waals surface area contributed by atoms with Gasteiger partial charge in [0.25, 0.3) is 0 Å². The third-order valence-electron chi connectivity index (χ3n) is 3.68. The van der Waals surface area contributed by atoms with Crippen LogP contribution in [0.15, 0.2) is 52.0 Å². The average Bonchev–Trinajstić information content (AvgIpc) is 3.18. The van der Waals surface area contributed by atoms with Crippen LogP contribution in [-0.2, 0) is 12.8 Å². The van der Waals surface area contributed by atoms with E-state index in [1.54, 1.807) is 12.1 Å². The summed E-state index contributed by atoms with van der Waals surface area (Å²) in [7, 11) is 1.97. The van der Waals surface area contributed by atoms with Crippen LogP contribution in [-0.4, -0.2) is 19.7 Å². The monoisotopic (exact) mass is 390 g/mol. The van der Waals surface area contributed by atoms with E-state index in [4.69, 9.17) is 27.6 Å². The van der Waals surface area contributed by atoms with E-state index in [1.807, 2.05) is 41.9 Å². The van der Waals surface area contributed by atoms with Gasteiger partial charge in [0.15, 0.2) is 5.16 Å². The van der Waals surface area contributed by atoms with Crippen molar-refractivity contribution < 1.29 is 4.42 Å². The standard InChI is InChI=1S/C17H12Cl2N4OS/c1-23-14-7-6-12(19)8-13(14)20-17(23)25-9-15-21-22-16(24-15)10-2-4-11(18)5-3-10/h2-8H,9H2,1H3. The first-order valence-corrected chi connectivity index (χ1v) is 9.17. The predicted octanol–water partition coefficient (Wildman–Crippen LogP) is 5.22. The molecule has 4 rings (SSSR count). The molecular weight excluding hydrogens is 379 g/mol. The number of rotatable bonds is 4. The zero-order valence-electron chi connectivity index (χ0n) is 13.1. The second-order valence-electron chi connectivity index (χ2n) is 5.38. The Kier molecular flexibility index (Phi) is 4.41. The lowest BCUT2D eigenvalue weighted by Gasteiger charge is -1.99. The molecule has 0 aliphatic carbocycles. The van der Waals surface area contributed by atoms with Gasteiger partial charge in [-0.1, -0.05) is 35.0 Å². The van der Waals surface area contributed by atoms with E-state index in [1.165, 1.54) is 11.8 Å². The Morgan fingerprint density at radius 2 is 1.80 bits per heavy atom. The number of imidazole rings is 1. The number of hydrogen-bond acceptors (Lipinski definition) is 5. The summed E-state index contributed by atoms with van der Waals surface area (Å²) in [6.07, 6.45) is 0. The molecule has 0 unspecified atom stereocenters. The molecule has 4 aromatic rings. The van der Waals surface area contributed by atoms with Crippen molar-refractivity contribution in [2.75, 3.05) is 0 Å². The molecule has 126 valence electrons. The number of benzene rings is 2. The van der Waals surface area contributed by atoms with Crippen molar-refractivity contribution >= 4 is 46.0 Å². The topological polar surface area (TPSA) is 56.7 Å². The first-order valence-electron chi connectivity index (χ1n) is 7.43. The lowest BCUT2D eigenvalue weighted by Crippen LogP contribution is -1.91. The van der Waals surface area contributed by atoms with Crippen LogP contribution < -0.4 is 0 Å². The molecule has 0 atom stereocenters. The Balaban J connectivity index is 1.52. The van der Waals surface area contributed by atoms with E-state index in [0.717, 1.165) is 21.8 Å². The summed E-state index contributed by atoms with van der Waals surface area (Å²) in [6.45, 7) is 0. The molecule has 0 aliphatic rings. The minimum Gasteiger partial charge on any atom is -0.420 e. The van der Waals surface area contributed by atoms with E-state index in [-0.39, 0.29) is 0 Å². The normalized spacial score (nSPS) is 11.3. The molecule has 2 aromatic carbocycles. The fourth-order valence-corrected chi connectivity index (χ4v) is 3.54. The number of aryl methyl sites for hydroxylation is 1. The zero-order valence-corrected chi connectivity index (χ0v) is 15.4. The Morgan fingerprint density at radius 3 is 2.60 bits per heavy atom. The van der Waals surface area contributed by atoms with Crippen molar-refractivity contribution in [3.05, 3.63) is 58.4 Å². The molecule has 0 aliphatic heterocycles. The first-order chi connectivity index (χ1) is 12.1. The van der Waals surface area contributed by atoms with Crippen molar-refractivity contribution in [1.29, 1.82) is 0 Å². The van der Waals surface area contributed by atoms with Gasteiger partial charge in [-0.15, -0.1) is 10.2 Å². The summed E-state index contributed by atoms with van der Waals surface area (Å²) in [4.78, 5) is 4.60. The molecule has 0 spiro atoms. The van der Waals surface area contributed by atoms with Crippen LogP contribution in [0.5, 0.6) is 0 Å². The zero-order chi connectivity index (χ0) is 17.4. The third-order valence-corrected chi connectivity index (χ3v) is 5.19. The molecule has 0 saturated heterocycles. The summed E-state index contributed by atoms with van der Waals surface area (Å²) in [5, 5.41) is 10.4. The summed E-state index contributed by atoms with van der Waals surface area (Å²) < 4.78 is 7.74. The Labute approximate surface area is 158 Å². The van der Waals surface area contributed by atoms with Crippen LogP contribution >= 0.6 is 35.0 Å². The molecule has 0 saturated carbocycles. The van der Waals surface area contributed by atoms with Crippen LogP contribution in [0.3, 0.4) is 0 Å². The highest BCUT2D eigenvalue weighted by Crippen LogP contribution is 2.28. The van der Waals surface area contributed by atoms with Gasteiger partial charge in [-0.3, -0.25) is 0 Å². The molecule has 0 fully saturated rings. The minimum atomic E-state index is 0.476. The van der Waals surface area contributed by atoms with Crippen LogP contribution in [0.2, 0.25) is 10.0 Å². The van der Waals surface area contributed by atoms with Gasteiger partial charge in [-0.05, 0) is 42.5 Å². The van der Waals surface area contributed by atoms with Crippen molar-refractivity contribution in [2.45, 2.75) is 10.9 Å². The van der Waals surface area contributed by atoms with Crippen LogP contribution in [0.25, 0.3) is 22.5 Å². The highest BCUT2D eigenvalue weighted by molar-refractivity contribution is 7.98. The maximum absolute atomic E-state index is 6.03. The van der Waals surface area contributed by atoms with Crippen LogP contribution in [0.1, 0.15) is 5.89 Å². The number of hydrogen-bond donors (Lipinski definition) is 0. The molecular formula is C17H12Cl2N4OS. The van der Waals surface area contributed by atoms with Crippen LogP contribution in [0.4, 0.5) is 0 Å². The largest absolute Gasteiger partial charge is 0.420 e. The molecule has 2 aromatic heterocycles. The number of fused-ring (bicyclic) bond motifs is 1. The summed E-state index contributed by atoms with van der Waals surface area (Å²) >= 11 is 13.5. The number of nitrogens with zero attached hydrogens (tertiary/aromatic N) is 4. The molecule has 0 N–H and O–H groups in total. The molecule has 0 radical (unpaired) electrons. The van der Waals surface area contributed by atoms with Gasteiger partial charge >= 0.3 is 0 Å². The van der Waals surface area contributed by atoms with E-state index in [2.05, 4.69) is 15.2 Å². The second-order valence-corrected chi connectivity index (χ2v) is 7.20. The Morgan fingerprint density at radius 1 is 1.04 bits per heavy atom. The number of aromatic nitrogens is 4. The lowest BCUT2D eigenvalue weighted by molar-refractivity contribution is 0.528. The van der Waals surface area contributed by atoms with Gasteiger partial charge in [0.05, 0.1) is 16.8 Å². The molecule has 2 heterocycles. The van der Waals surface area contributed by atoms with Gasteiger partial charge in [0, 0.05) is 22.7 Å². The molecule has 0 amide bonds. The van der Waals surface area contributed by atoms with Gasteiger partial charge in [0.1, 0.15) is 0 Å². The van der Waals surface area contributed by atoms with Gasteiger partial charge in [0.2, 0.25) is 11.8 Å². The van der Waals surface area contributed by atoms with Crippen molar-refractivity contribution in [2.24, 2.45) is 7.05 Å². The first kappa shape index (κ1) is 16.4. The molecule has 25 heavy (non-hydrogen) atoms. The van der Waals surface area contributed by atoms with E-state index in [0.29, 0.717) is 27.6 Å². The van der Waals surface area contributed by atoms with Crippen molar-refractivity contribution in [3.63, 3.8) is 0 Å². The van der Waals surface area contributed by atoms with Gasteiger partial charge in [-0.25, -0.2) is 4.98 Å². The lowest BCUT2D eigenvalue weighted by atomic mass is 10.2. The number of halogens is 2.